The van der Waals surface area contributed by atoms with Crippen LogP contribution >= 0.6 is 0 Å². The summed E-state index contributed by atoms with van der Waals surface area (Å²) in [6.45, 7) is 0. The topological polar surface area (TPSA) is 99.1 Å². The monoisotopic (exact) mass is 253 g/mol. The largest absolute Gasteiger partial charge is 0.478 e. The fourth-order valence-electron chi connectivity index (χ4n) is 1.67. The van der Waals surface area contributed by atoms with Crippen molar-refractivity contribution in [1.82, 2.24) is 0 Å². The molecule has 0 heterocycles. The number of nitrogen functional groups attached to an aromatic ring is 1. The minimum absolute atomic E-state index is 0.0855. The van der Waals surface area contributed by atoms with Gasteiger partial charge in [-0.25, -0.2) is 4.79 Å². The van der Waals surface area contributed by atoms with Crippen LogP contribution in [0.4, 0.5) is 17.1 Å². The number of nitrogens with zero attached hydrogens (tertiary/aromatic N) is 1. The zero-order valence-electron chi connectivity index (χ0n) is 9.92. The van der Waals surface area contributed by atoms with Gasteiger partial charge in [-0.3, -0.25) is 0 Å². The summed E-state index contributed by atoms with van der Waals surface area (Å²) in [5.74, 6) is -1.06. The number of hydrogen-bond acceptors (Lipinski definition) is 4. The Morgan fingerprint density at radius 3 is 2.74 bits per heavy atom. The van der Waals surface area contributed by atoms with Crippen molar-refractivity contribution < 1.29 is 9.90 Å². The number of anilines is 3. The Labute approximate surface area is 109 Å². The average molecular weight is 253 g/mol. The lowest BCUT2D eigenvalue weighted by atomic mass is 10.1. The number of rotatable bonds is 3. The quantitative estimate of drug-likeness (QED) is 0.730. The number of benzene rings is 2. The van der Waals surface area contributed by atoms with E-state index < -0.39 is 5.97 Å². The predicted molar refractivity (Wildman–Crippen MR) is 72.3 cm³/mol. The van der Waals surface area contributed by atoms with Crippen LogP contribution in [0.25, 0.3) is 0 Å². The summed E-state index contributed by atoms with van der Waals surface area (Å²) in [5, 5.41) is 20.9. The van der Waals surface area contributed by atoms with E-state index in [4.69, 9.17) is 16.1 Å². The molecule has 0 saturated carbocycles. The number of carbonyl (C=O) groups is 1. The van der Waals surface area contributed by atoms with Crippen molar-refractivity contribution in [3.05, 3.63) is 53.6 Å². The SMILES string of the molecule is N#Cc1cccc(Nc2ccc(N)cc2C(=O)O)c1. The zero-order chi connectivity index (χ0) is 13.8. The summed E-state index contributed by atoms with van der Waals surface area (Å²) in [7, 11) is 0. The standard InChI is InChI=1S/C14H11N3O2/c15-8-9-2-1-3-11(6-9)17-13-5-4-10(16)7-12(13)14(18)19/h1-7,17H,16H2,(H,18,19). The number of hydrogen-bond donors (Lipinski definition) is 3. The molecule has 4 N–H and O–H groups in total. The summed E-state index contributed by atoms with van der Waals surface area (Å²) in [5.41, 5.74) is 7.61. The molecule has 0 aromatic heterocycles. The molecule has 0 aliphatic rings. The van der Waals surface area contributed by atoms with Crippen LogP contribution in [-0.4, -0.2) is 11.1 Å². The molecule has 2 aromatic carbocycles. The minimum atomic E-state index is -1.06. The first-order chi connectivity index (χ1) is 9.10. The molecule has 0 amide bonds. The summed E-state index contributed by atoms with van der Waals surface area (Å²) in [4.78, 5) is 11.1. The number of carboxylic acids is 1. The van der Waals surface area contributed by atoms with Gasteiger partial charge in [0, 0.05) is 11.4 Å². The molecule has 0 atom stereocenters. The van der Waals surface area contributed by atoms with E-state index in [0.717, 1.165) is 0 Å². The molecule has 2 rings (SSSR count). The first-order valence-electron chi connectivity index (χ1n) is 5.50. The highest BCUT2D eigenvalue weighted by Gasteiger charge is 2.10. The molecular weight excluding hydrogens is 242 g/mol. The van der Waals surface area contributed by atoms with Gasteiger partial charge >= 0.3 is 5.97 Å². The third kappa shape index (κ3) is 2.82. The molecule has 0 aliphatic carbocycles. The summed E-state index contributed by atoms with van der Waals surface area (Å²) < 4.78 is 0. The Morgan fingerprint density at radius 2 is 2.05 bits per heavy atom. The van der Waals surface area contributed by atoms with Crippen molar-refractivity contribution in [3.63, 3.8) is 0 Å². The molecule has 5 heteroatoms. The Kier molecular flexibility index (Phi) is 3.35. The molecule has 0 aliphatic heterocycles. The second-order valence-electron chi connectivity index (χ2n) is 3.93. The van der Waals surface area contributed by atoms with Crippen molar-refractivity contribution in [3.8, 4) is 6.07 Å². The van der Waals surface area contributed by atoms with Crippen molar-refractivity contribution in [2.45, 2.75) is 0 Å². The normalized spacial score (nSPS) is 9.63. The maximum absolute atomic E-state index is 11.1. The summed E-state index contributed by atoms with van der Waals surface area (Å²) in [6.07, 6.45) is 0. The predicted octanol–water partition coefficient (Wildman–Crippen LogP) is 2.58. The van der Waals surface area contributed by atoms with Gasteiger partial charge in [-0.2, -0.15) is 5.26 Å². The van der Waals surface area contributed by atoms with Crippen LogP contribution in [-0.2, 0) is 0 Å². The Hall–Kier alpha value is -3.00. The van der Waals surface area contributed by atoms with Gasteiger partial charge in [0.2, 0.25) is 0 Å². The van der Waals surface area contributed by atoms with Gasteiger partial charge in [0.1, 0.15) is 0 Å². The van der Waals surface area contributed by atoms with E-state index >= 15 is 0 Å². The average Bonchev–Trinajstić information content (AvgIpc) is 2.41. The lowest BCUT2D eigenvalue weighted by molar-refractivity contribution is 0.0698. The van der Waals surface area contributed by atoms with Crippen molar-refractivity contribution in [2.75, 3.05) is 11.1 Å². The van der Waals surface area contributed by atoms with Gasteiger partial charge < -0.3 is 16.2 Å². The third-order valence-corrected chi connectivity index (χ3v) is 2.54. The summed E-state index contributed by atoms with van der Waals surface area (Å²) in [6, 6.07) is 13.4. The van der Waals surface area contributed by atoms with Gasteiger partial charge in [-0.1, -0.05) is 6.07 Å². The Bertz CT molecular complexity index is 675. The van der Waals surface area contributed by atoms with Crippen molar-refractivity contribution >= 4 is 23.0 Å². The molecule has 94 valence electrons. The first kappa shape index (κ1) is 12.5. The van der Waals surface area contributed by atoms with Gasteiger partial charge in [0.25, 0.3) is 0 Å². The van der Waals surface area contributed by atoms with E-state index in [1.165, 1.54) is 6.07 Å². The van der Waals surface area contributed by atoms with E-state index in [9.17, 15) is 4.79 Å². The van der Waals surface area contributed by atoms with Crippen LogP contribution in [0.3, 0.4) is 0 Å². The lowest BCUT2D eigenvalue weighted by Gasteiger charge is -2.10. The second kappa shape index (κ2) is 5.10. The van der Waals surface area contributed by atoms with Gasteiger partial charge in [0.15, 0.2) is 0 Å². The van der Waals surface area contributed by atoms with E-state index in [-0.39, 0.29) is 5.56 Å². The highest BCUT2D eigenvalue weighted by Crippen LogP contribution is 2.23. The fourth-order valence-corrected chi connectivity index (χ4v) is 1.67. The molecular formula is C14H11N3O2. The maximum atomic E-state index is 11.1. The van der Waals surface area contributed by atoms with Crippen molar-refractivity contribution in [1.29, 1.82) is 5.26 Å². The van der Waals surface area contributed by atoms with E-state index in [1.54, 1.807) is 36.4 Å². The lowest BCUT2D eigenvalue weighted by Crippen LogP contribution is -2.04. The molecule has 0 saturated heterocycles. The van der Waals surface area contributed by atoms with Crippen LogP contribution in [0.5, 0.6) is 0 Å². The molecule has 5 nitrogen and oxygen atoms in total. The number of carboxylic acid groups (broad SMARTS) is 1. The number of aromatic carboxylic acids is 1. The van der Waals surface area contributed by atoms with Crippen LogP contribution < -0.4 is 11.1 Å². The van der Waals surface area contributed by atoms with Crippen molar-refractivity contribution in [2.24, 2.45) is 0 Å². The third-order valence-electron chi connectivity index (χ3n) is 2.54. The van der Waals surface area contributed by atoms with Gasteiger partial charge in [-0.15, -0.1) is 0 Å². The summed E-state index contributed by atoms with van der Waals surface area (Å²) >= 11 is 0. The number of nitrogens with one attached hydrogen (secondary N) is 1. The molecule has 19 heavy (non-hydrogen) atoms. The minimum Gasteiger partial charge on any atom is -0.478 e. The van der Waals surface area contributed by atoms with E-state index in [1.807, 2.05) is 6.07 Å². The van der Waals surface area contributed by atoms with E-state index in [2.05, 4.69) is 5.32 Å². The number of nitriles is 1. The molecule has 0 radical (unpaired) electrons. The molecule has 0 bridgehead atoms. The highest BCUT2D eigenvalue weighted by molar-refractivity contribution is 5.96. The second-order valence-corrected chi connectivity index (χ2v) is 3.93. The Morgan fingerprint density at radius 1 is 1.26 bits per heavy atom. The van der Waals surface area contributed by atoms with Crippen LogP contribution in [0.1, 0.15) is 15.9 Å². The molecule has 0 spiro atoms. The fraction of sp³-hybridized carbons (Fsp3) is 0. The maximum Gasteiger partial charge on any atom is 0.337 e. The highest BCUT2D eigenvalue weighted by atomic mass is 16.4. The van der Waals surface area contributed by atoms with Crippen LogP contribution in [0.2, 0.25) is 0 Å². The molecule has 0 unspecified atom stereocenters. The number of nitrogens with two attached hydrogens (primary N) is 1. The van der Waals surface area contributed by atoms with Crippen LogP contribution in [0.15, 0.2) is 42.5 Å². The van der Waals surface area contributed by atoms with E-state index in [0.29, 0.717) is 22.6 Å². The van der Waals surface area contributed by atoms with Crippen LogP contribution in [0, 0.1) is 11.3 Å². The first-order valence-corrected chi connectivity index (χ1v) is 5.50. The molecule has 0 fully saturated rings. The smallest absolute Gasteiger partial charge is 0.337 e. The van der Waals surface area contributed by atoms with Gasteiger partial charge in [-0.05, 0) is 36.4 Å². The molecule has 2 aromatic rings. The zero-order valence-corrected chi connectivity index (χ0v) is 9.92. The van der Waals surface area contributed by atoms with Gasteiger partial charge in [0.05, 0.1) is 22.9 Å². The Balaban J connectivity index is 2.38.